The molecule has 1 atom stereocenters. The fraction of sp³-hybridized carbons (Fsp3) is 0.722. The van der Waals surface area contributed by atoms with Crippen molar-refractivity contribution in [2.75, 3.05) is 13.1 Å². The fourth-order valence-corrected chi connectivity index (χ4v) is 4.65. The van der Waals surface area contributed by atoms with E-state index in [0.29, 0.717) is 11.8 Å². The Morgan fingerprint density at radius 1 is 1.35 bits per heavy atom. The normalized spacial score (nSPS) is 26.1. The minimum Gasteiger partial charge on any atom is -0.341 e. The van der Waals surface area contributed by atoms with Crippen LogP contribution >= 0.6 is 0 Å². The highest BCUT2D eigenvalue weighted by atomic mass is 16.2. The van der Waals surface area contributed by atoms with Gasteiger partial charge in [0.05, 0.1) is 0 Å². The molecule has 124 valence electrons. The molecule has 5 nitrogen and oxygen atoms in total. The van der Waals surface area contributed by atoms with Gasteiger partial charge in [-0.15, -0.1) is 10.2 Å². The molecule has 1 saturated carbocycles. The maximum Gasteiger partial charge on any atom is 0.226 e. The summed E-state index contributed by atoms with van der Waals surface area (Å²) in [7, 11) is 0. The molecule has 5 heteroatoms. The van der Waals surface area contributed by atoms with Crippen molar-refractivity contribution < 1.29 is 4.79 Å². The number of aryl methyl sites for hydroxylation is 1. The maximum atomic E-state index is 12.8. The first-order valence-electron chi connectivity index (χ1n) is 9.05. The van der Waals surface area contributed by atoms with Crippen molar-refractivity contribution in [3.05, 3.63) is 24.3 Å². The van der Waals surface area contributed by atoms with Gasteiger partial charge in [-0.1, -0.05) is 25.5 Å². The Morgan fingerprint density at radius 2 is 2.13 bits per heavy atom. The molecule has 4 rings (SSSR count). The summed E-state index contributed by atoms with van der Waals surface area (Å²) in [5.74, 6) is 2.00. The van der Waals surface area contributed by atoms with Crippen LogP contribution in [-0.4, -0.2) is 38.7 Å². The van der Waals surface area contributed by atoms with Crippen molar-refractivity contribution in [1.82, 2.24) is 19.7 Å². The number of allylic oxidation sites excluding steroid dienone is 2. The lowest BCUT2D eigenvalue weighted by atomic mass is 9.62. The quantitative estimate of drug-likeness (QED) is 0.803. The number of nitrogens with zero attached hydrogens (tertiary/aromatic N) is 4. The van der Waals surface area contributed by atoms with E-state index in [4.69, 9.17) is 0 Å². The van der Waals surface area contributed by atoms with Gasteiger partial charge in [0.15, 0.2) is 0 Å². The van der Waals surface area contributed by atoms with Crippen molar-refractivity contribution in [3.8, 4) is 0 Å². The zero-order valence-electron chi connectivity index (χ0n) is 13.9. The summed E-state index contributed by atoms with van der Waals surface area (Å²) in [5, 5.41) is 8.60. The molecule has 1 saturated heterocycles. The monoisotopic (exact) mass is 314 g/mol. The predicted molar refractivity (Wildman–Crippen MR) is 87.8 cm³/mol. The van der Waals surface area contributed by atoms with E-state index in [1.165, 1.54) is 19.3 Å². The van der Waals surface area contributed by atoms with Gasteiger partial charge in [0.1, 0.15) is 12.2 Å². The maximum absolute atomic E-state index is 12.8. The van der Waals surface area contributed by atoms with E-state index in [0.717, 1.165) is 44.7 Å². The molecule has 1 amide bonds. The first kappa shape index (κ1) is 14.9. The van der Waals surface area contributed by atoms with Crippen LogP contribution in [0.2, 0.25) is 0 Å². The Kier molecular flexibility index (Phi) is 3.74. The standard InChI is InChI=1S/C18H26N4O/c1-2-10-21-13-19-20-16(21)15-11-22(12-18(15)8-5-9-18)17(23)14-6-3-4-7-14/h3-4,13-15H,2,5-12H2,1H3. The minimum atomic E-state index is 0.180. The molecule has 1 aliphatic heterocycles. The number of rotatable bonds is 4. The Hall–Kier alpha value is -1.65. The van der Waals surface area contributed by atoms with Crippen LogP contribution in [0.5, 0.6) is 0 Å². The Balaban J connectivity index is 1.56. The zero-order chi connectivity index (χ0) is 15.9. The zero-order valence-corrected chi connectivity index (χ0v) is 13.9. The first-order valence-corrected chi connectivity index (χ1v) is 9.05. The number of likely N-dealkylation sites (tertiary alicyclic amines) is 1. The van der Waals surface area contributed by atoms with Crippen LogP contribution in [0.3, 0.4) is 0 Å². The fourth-order valence-electron chi connectivity index (χ4n) is 4.65. The van der Waals surface area contributed by atoms with Gasteiger partial charge in [-0.3, -0.25) is 4.79 Å². The van der Waals surface area contributed by atoms with Crippen molar-refractivity contribution in [3.63, 3.8) is 0 Å². The first-order chi connectivity index (χ1) is 11.2. The molecule has 2 aliphatic carbocycles. The lowest BCUT2D eigenvalue weighted by Crippen LogP contribution is -2.39. The third-order valence-corrected chi connectivity index (χ3v) is 6.09. The van der Waals surface area contributed by atoms with E-state index in [1.54, 1.807) is 0 Å². The minimum absolute atomic E-state index is 0.180. The van der Waals surface area contributed by atoms with Crippen LogP contribution in [0, 0.1) is 11.3 Å². The molecule has 1 spiro atoms. The lowest BCUT2D eigenvalue weighted by molar-refractivity contribution is -0.134. The second-order valence-electron chi connectivity index (χ2n) is 7.51. The summed E-state index contributed by atoms with van der Waals surface area (Å²) in [6.45, 7) is 4.90. The van der Waals surface area contributed by atoms with Gasteiger partial charge in [0, 0.05) is 31.5 Å². The predicted octanol–water partition coefficient (Wildman–Crippen LogP) is 2.75. The average Bonchev–Trinajstić information content (AvgIpc) is 3.24. The summed E-state index contributed by atoms with van der Waals surface area (Å²) >= 11 is 0. The molecular weight excluding hydrogens is 288 g/mol. The smallest absolute Gasteiger partial charge is 0.226 e. The topological polar surface area (TPSA) is 51.0 Å². The molecule has 0 radical (unpaired) electrons. The van der Waals surface area contributed by atoms with Crippen molar-refractivity contribution in [2.45, 2.75) is 57.9 Å². The van der Waals surface area contributed by atoms with Crippen molar-refractivity contribution in [1.29, 1.82) is 0 Å². The van der Waals surface area contributed by atoms with Gasteiger partial charge >= 0.3 is 0 Å². The Labute approximate surface area is 137 Å². The number of carbonyl (C=O) groups is 1. The number of hydrogen-bond donors (Lipinski definition) is 0. The van der Waals surface area contributed by atoms with Crippen molar-refractivity contribution >= 4 is 5.91 Å². The second-order valence-corrected chi connectivity index (χ2v) is 7.51. The van der Waals surface area contributed by atoms with Crippen LogP contribution in [0.4, 0.5) is 0 Å². The summed E-state index contributed by atoms with van der Waals surface area (Å²) < 4.78 is 2.20. The highest BCUT2D eigenvalue weighted by Crippen LogP contribution is 2.55. The molecule has 0 bridgehead atoms. The molecule has 2 heterocycles. The summed E-state index contributed by atoms with van der Waals surface area (Å²) in [5.41, 5.74) is 0.264. The van der Waals surface area contributed by atoms with Crippen molar-refractivity contribution in [2.24, 2.45) is 11.3 Å². The summed E-state index contributed by atoms with van der Waals surface area (Å²) in [4.78, 5) is 15.0. The van der Waals surface area contributed by atoms with Gasteiger partial charge < -0.3 is 9.47 Å². The van der Waals surface area contributed by atoms with Gasteiger partial charge in [-0.25, -0.2) is 0 Å². The van der Waals surface area contributed by atoms with Crippen LogP contribution in [-0.2, 0) is 11.3 Å². The molecule has 0 aromatic carbocycles. The molecule has 3 aliphatic rings. The van der Waals surface area contributed by atoms with Crippen LogP contribution in [0.25, 0.3) is 0 Å². The molecule has 2 fully saturated rings. The second kappa shape index (κ2) is 5.77. The highest BCUT2D eigenvalue weighted by Gasteiger charge is 2.54. The Morgan fingerprint density at radius 3 is 2.78 bits per heavy atom. The van der Waals surface area contributed by atoms with E-state index in [9.17, 15) is 4.79 Å². The van der Waals surface area contributed by atoms with Crippen LogP contribution < -0.4 is 0 Å². The van der Waals surface area contributed by atoms with Crippen LogP contribution in [0.1, 0.15) is 57.2 Å². The molecular formula is C18H26N4O. The molecule has 23 heavy (non-hydrogen) atoms. The number of carbonyl (C=O) groups excluding carboxylic acids is 1. The summed E-state index contributed by atoms with van der Waals surface area (Å²) in [6, 6.07) is 0. The largest absolute Gasteiger partial charge is 0.341 e. The van der Waals surface area contributed by atoms with E-state index in [1.807, 2.05) is 6.33 Å². The molecule has 1 aromatic rings. The third kappa shape index (κ3) is 2.41. The van der Waals surface area contributed by atoms with Gasteiger partial charge in [-0.05, 0) is 37.5 Å². The van der Waals surface area contributed by atoms with Gasteiger partial charge in [0.25, 0.3) is 0 Å². The van der Waals surface area contributed by atoms with E-state index < -0.39 is 0 Å². The van der Waals surface area contributed by atoms with Crippen LogP contribution in [0.15, 0.2) is 18.5 Å². The number of amides is 1. The number of hydrogen-bond acceptors (Lipinski definition) is 3. The highest BCUT2D eigenvalue weighted by molar-refractivity contribution is 5.80. The molecule has 1 unspecified atom stereocenters. The Bertz CT molecular complexity index is 608. The lowest BCUT2D eigenvalue weighted by Gasteiger charge is -2.42. The van der Waals surface area contributed by atoms with E-state index >= 15 is 0 Å². The van der Waals surface area contributed by atoms with Gasteiger partial charge in [-0.2, -0.15) is 0 Å². The SMILES string of the molecule is CCCn1cnnc1C1CN(C(=O)C2CC=CC2)CC12CCC2. The summed E-state index contributed by atoms with van der Waals surface area (Å²) in [6.07, 6.45) is 12.8. The average molecular weight is 314 g/mol. The molecule has 1 aromatic heterocycles. The van der Waals surface area contributed by atoms with Gasteiger partial charge in [0.2, 0.25) is 5.91 Å². The van der Waals surface area contributed by atoms with E-state index in [-0.39, 0.29) is 11.3 Å². The van der Waals surface area contributed by atoms with E-state index in [2.05, 4.69) is 38.7 Å². The molecule has 0 N–H and O–H groups in total. The number of aromatic nitrogens is 3. The third-order valence-electron chi connectivity index (χ3n) is 6.09.